The molecule has 0 aromatic rings. The molecule has 0 aliphatic carbocycles. The molecule has 0 radical (unpaired) electrons. The normalized spacial score (nSPS) is 13.0. The summed E-state index contributed by atoms with van der Waals surface area (Å²) >= 11 is -2.35. The first-order valence-corrected chi connectivity index (χ1v) is 3.61. The second-order valence-electron chi connectivity index (χ2n) is 1.46. The topological polar surface area (TPSA) is 49.4 Å². The van der Waals surface area contributed by atoms with Gasteiger partial charge < -0.3 is 8.74 Å². The van der Waals surface area contributed by atoms with Crippen molar-refractivity contribution in [2.75, 3.05) is 6.61 Å². The molecule has 0 N–H and O–H groups in total. The zero-order valence-corrected chi connectivity index (χ0v) is 5.86. The lowest BCUT2D eigenvalue weighted by Gasteiger charge is -2.02. The van der Waals surface area contributed by atoms with Gasteiger partial charge in [0.1, 0.15) is 0 Å². The monoisotopic (exact) mass is 149 g/mol. The molecular weight excluding hydrogens is 140 g/mol. The molecule has 0 fully saturated rings. The highest BCUT2D eigenvalue weighted by atomic mass is 32.2. The molecule has 54 valence electrons. The first-order valence-electron chi connectivity index (χ1n) is 2.61. The summed E-state index contributed by atoms with van der Waals surface area (Å²) in [6.07, 6.45) is 3.21. The van der Waals surface area contributed by atoms with Crippen LogP contribution in [0.25, 0.3) is 0 Å². The Morgan fingerprint density at radius 1 is 1.78 bits per heavy atom. The van der Waals surface area contributed by atoms with Crippen LogP contribution in [0, 0.1) is 0 Å². The van der Waals surface area contributed by atoms with Crippen LogP contribution in [0.3, 0.4) is 0 Å². The van der Waals surface area contributed by atoms with Crippen molar-refractivity contribution in [3.05, 3.63) is 12.7 Å². The Morgan fingerprint density at radius 2 is 2.44 bits per heavy atom. The molecule has 0 heterocycles. The molecule has 3 nitrogen and oxygen atoms in total. The highest BCUT2D eigenvalue weighted by Crippen LogP contribution is 1.90. The van der Waals surface area contributed by atoms with Crippen LogP contribution in [-0.4, -0.2) is 15.4 Å². The molecule has 0 spiro atoms. The molecule has 0 bridgehead atoms. The molecule has 0 aliphatic heterocycles. The van der Waals surface area contributed by atoms with Crippen molar-refractivity contribution in [3.63, 3.8) is 0 Å². The molecule has 0 amide bonds. The van der Waals surface area contributed by atoms with E-state index < -0.39 is 11.4 Å². The van der Waals surface area contributed by atoms with Crippen molar-refractivity contribution < 1.29 is 12.9 Å². The molecule has 0 aromatic carbocycles. The molecule has 9 heavy (non-hydrogen) atoms. The molecule has 1 atom stereocenters. The number of allylic oxidation sites excluding steroid dienone is 1. The standard InChI is InChI=1S/C5H10O3S/c1-2-3-4-5-8-9(6)7/h2H,1,3-5H2,(H,6,7)/p-1. The fourth-order valence-electron chi connectivity index (χ4n) is 0.355. The van der Waals surface area contributed by atoms with E-state index in [0.717, 1.165) is 6.42 Å². The first kappa shape index (κ1) is 8.81. The van der Waals surface area contributed by atoms with E-state index in [-0.39, 0.29) is 6.61 Å². The fraction of sp³-hybridized carbons (Fsp3) is 0.600. The number of hydrogen-bond donors (Lipinski definition) is 0. The zero-order chi connectivity index (χ0) is 7.11. The van der Waals surface area contributed by atoms with Crippen LogP contribution in [0.15, 0.2) is 12.7 Å². The van der Waals surface area contributed by atoms with Gasteiger partial charge in [-0.25, -0.2) is 4.21 Å². The van der Waals surface area contributed by atoms with Crippen LogP contribution in [0.2, 0.25) is 0 Å². The van der Waals surface area contributed by atoms with Gasteiger partial charge in [-0.05, 0) is 12.8 Å². The summed E-state index contributed by atoms with van der Waals surface area (Å²) in [7, 11) is 0. The van der Waals surface area contributed by atoms with E-state index in [9.17, 15) is 8.76 Å². The minimum Gasteiger partial charge on any atom is -0.750 e. The number of hydrogen-bond acceptors (Lipinski definition) is 3. The molecule has 1 unspecified atom stereocenters. The van der Waals surface area contributed by atoms with Gasteiger partial charge in [0.2, 0.25) is 0 Å². The molecule has 0 aromatic heterocycles. The van der Waals surface area contributed by atoms with E-state index in [1.54, 1.807) is 6.08 Å². The van der Waals surface area contributed by atoms with E-state index in [0.29, 0.717) is 6.42 Å². The van der Waals surface area contributed by atoms with Gasteiger partial charge in [0, 0.05) is 0 Å². The Morgan fingerprint density at radius 3 is 2.89 bits per heavy atom. The van der Waals surface area contributed by atoms with Gasteiger partial charge in [0.25, 0.3) is 0 Å². The predicted molar refractivity (Wildman–Crippen MR) is 34.3 cm³/mol. The summed E-state index contributed by atoms with van der Waals surface area (Å²) in [4.78, 5) is 0. The van der Waals surface area contributed by atoms with Gasteiger partial charge in [-0.3, -0.25) is 0 Å². The van der Waals surface area contributed by atoms with E-state index >= 15 is 0 Å². The van der Waals surface area contributed by atoms with E-state index in [1.165, 1.54) is 0 Å². The maximum atomic E-state index is 9.71. The van der Waals surface area contributed by atoms with Gasteiger partial charge in [-0.15, -0.1) is 6.58 Å². The SMILES string of the molecule is C=CCCCOS(=O)[O-]. The lowest BCUT2D eigenvalue weighted by Crippen LogP contribution is -1.96. The van der Waals surface area contributed by atoms with Gasteiger partial charge in [0.15, 0.2) is 0 Å². The Bertz CT molecular complexity index is 102. The maximum Gasteiger partial charge on any atom is 0.0842 e. The van der Waals surface area contributed by atoms with Crippen LogP contribution < -0.4 is 0 Å². The third kappa shape index (κ3) is 7.81. The highest BCUT2D eigenvalue weighted by Gasteiger charge is 1.83. The molecule has 0 aliphatic rings. The average molecular weight is 149 g/mol. The largest absolute Gasteiger partial charge is 0.750 e. The van der Waals surface area contributed by atoms with Crippen molar-refractivity contribution >= 4 is 11.4 Å². The second-order valence-corrected chi connectivity index (χ2v) is 2.10. The molecule has 0 saturated heterocycles. The maximum absolute atomic E-state index is 9.71. The zero-order valence-electron chi connectivity index (χ0n) is 5.04. The second kappa shape index (κ2) is 5.94. The third-order valence-corrected chi connectivity index (χ3v) is 1.09. The van der Waals surface area contributed by atoms with Gasteiger partial charge in [-0.2, -0.15) is 0 Å². The number of unbranched alkanes of at least 4 members (excludes halogenated alkanes) is 1. The van der Waals surface area contributed by atoms with Crippen molar-refractivity contribution in [1.82, 2.24) is 0 Å². The van der Waals surface area contributed by atoms with Crippen molar-refractivity contribution in [1.29, 1.82) is 0 Å². The van der Waals surface area contributed by atoms with Gasteiger partial charge >= 0.3 is 0 Å². The predicted octanol–water partition coefficient (Wildman–Crippen LogP) is 0.763. The Balaban J connectivity index is 2.91. The molecule has 0 rings (SSSR count). The third-order valence-electron chi connectivity index (χ3n) is 0.732. The van der Waals surface area contributed by atoms with Crippen LogP contribution in [0.5, 0.6) is 0 Å². The first-order chi connectivity index (χ1) is 4.27. The Hall–Kier alpha value is -0.190. The van der Waals surface area contributed by atoms with Gasteiger partial charge in [0.05, 0.1) is 18.0 Å². The molecular formula is C5H9O3S-. The fourth-order valence-corrected chi connectivity index (χ4v) is 0.609. The lowest BCUT2D eigenvalue weighted by molar-refractivity contribution is 0.296. The van der Waals surface area contributed by atoms with Crippen LogP contribution >= 0.6 is 0 Å². The van der Waals surface area contributed by atoms with E-state index in [2.05, 4.69) is 10.8 Å². The van der Waals surface area contributed by atoms with Crippen molar-refractivity contribution in [3.8, 4) is 0 Å². The highest BCUT2D eigenvalue weighted by molar-refractivity contribution is 7.74. The Labute approximate surface area is 57.2 Å². The van der Waals surface area contributed by atoms with Crippen molar-refractivity contribution in [2.24, 2.45) is 0 Å². The molecule has 4 heteroatoms. The summed E-state index contributed by atoms with van der Waals surface area (Å²) in [5.41, 5.74) is 0. The van der Waals surface area contributed by atoms with Crippen LogP contribution in [0.1, 0.15) is 12.8 Å². The lowest BCUT2D eigenvalue weighted by atomic mass is 10.3. The summed E-state index contributed by atoms with van der Waals surface area (Å²) in [5.74, 6) is 0. The van der Waals surface area contributed by atoms with Crippen LogP contribution in [-0.2, 0) is 15.5 Å². The minimum atomic E-state index is -2.35. The van der Waals surface area contributed by atoms with Gasteiger partial charge in [-0.1, -0.05) is 6.08 Å². The quantitative estimate of drug-likeness (QED) is 0.329. The smallest absolute Gasteiger partial charge is 0.0842 e. The summed E-state index contributed by atoms with van der Waals surface area (Å²) in [5, 5.41) is 0. The number of rotatable bonds is 5. The summed E-state index contributed by atoms with van der Waals surface area (Å²) in [6, 6.07) is 0. The van der Waals surface area contributed by atoms with Crippen molar-refractivity contribution in [2.45, 2.75) is 12.8 Å². The average Bonchev–Trinajstić information content (AvgIpc) is 1.80. The van der Waals surface area contributed by atoms with E-state index in [1.807, 2.05) is 0 Å². The molecule has 0 saturated carbocycles. The Kier molecular flexibility index (Phi) is 5.81. The van der Waals surface area contributed by atoms with E-state index in [4.69, 9.17) is 0 Å². The summed E-state index contributed by atoms with van der Waals surface area (Å²) in [6.45, 7) is 3.72. The summed E-state index contributed by atoms with van der Waals surface area (Å²) < 4.78 is 23.6. The minimum absolute atomic E-state index is 0.252. The van der Waals surface area contributed by atoms with Crippen LogP contribution in [0.4, 0.5) is 0 Å².